The lowest BCUT2D eigenvalue weighted by atomic mass is 9.64. The molecule has 0 spiro atoms. The number of hydrogen-bond acceptors (Lipinski definition) is 6. The van der Waals surface area contributed by atoms with Gasteiger partial charge in [-0.1, -0.05) is 37.0 Å². The molecule has 2 heterocycles. The lowest BCUT2D eigenvalue weighted by Crippen LogP contribution is -2.45. The van der Waals surface area contributed by atoms with Gasteiger partial charge in [0.25, 0.3) is 5.91 Å². The van der Waals surface area contributed by atoms with Crippen molar-refractivity contribution in [1.29, 1.82) is 0 Å². The van der Waals surface area contributed by atoms with Crippen molar-refractivity contribution in [3.63, 3.8) is 0 Å². The van der Waals surface area contributed by atoms with E-state index in [1.165, 1.54) is 12.4 Å². The molecule has 0 N–H and O–H groups in total. The number of amides is 1. The Bertz CT molecular complexity index is 1280. The summed E-state index contributed by atoms with van der Waals surface area (Å²) >= 11 is 12.3. The normalized spacial score (nSPS) is 20.8. The number of esters is 1. The summed E-state index contributed by atoms with van der Waals surface area (Å²) < 4.78 is 49.4. The third-order valence-electron chi connectivity index (χ3n) is 7.87. The molecule has 2 aliphatic rings. The number of ether oxygens (including phenoxy) is 1. The Morgan fingerprint density at radius 3 is 2.22 bits per heavy atom. The molecule has 0 unspecified atom stereocenters. The molecule has 8 nitrogen and oxygen atoms in total. The fourth-order valence-corrected chi connectivity index (χ4v) is 6.73. The molecular weight excluding hydrogens is 584 g/mol. The van der Waals surface area contributed by atoms with Crippen LogP contribution in [0.4, 0.5) is 13.2 Å². The summed E-state index contributed by atoms with van der Waals surface area (Å²) in [5, 5.41) is 3.99. The minimum Gasteiger partial charge on any atom is -0.466 e. The summed E-state index contributed by atoms with van der Waals surface area (Å²) in [4.78, 5) is 44.1. The van der Waals surface area contributed by atoms with E-state index in [9.17, 15) is 27.6 Å². The fraction of sp³-hybridized carbons (Fsp3) is 0.607. The van der Waals surface area contributed by atoms with Gasteiger partial charge in [-0.2, -0.15) is 18.3 Å². The summed E-state index contributed by atoms with van der Waals surface area (Å²) in [6.07, 6.45) is 1.31. The van der Waals surface area contributed by atoms with Crippen LogP contribution < -0.4 is 0 Å². The van der Waals surface area contributed by atoms with Gasteiger partial charge in [0.1, 0.15) is 0 Å². The van der Waals surface area contributed by atoms with Gasteiger partial charge in [-0.25, -0.2) is 0 Å². The van der Waals surface area contributed by atoms with Gasteiger partial charge in [0.15, 0.2) is 11.5 Å². The smallest absolute Gasteiger partial charge is 0.433 e. The molecule has 2 aromatic rings. The maximum absolute atomic E-state index is 14.5. The Kier molecular flexibility index (Phi) is 9.38. The highest BCUT2D eigenvalue weighted by Gasteiger charge is 2.44. The molecule has 0 saturated heterocycles. The quantitative estimate of drug-likeness (QED) is 0.231. The molecule has 2 saturated carbocycles. The van der Waals surface area contributed by atoms with Crippen molar-refractivity contribution >= 4 is 40.9 Å². The van der Waals surface area contributed by atoms with Crippen LogP contribution in [-0.2, 0) is 15.7 Å². The van der Waals surface area contributed by atoms with Crippen molar-refractivity contribution in [3.05, 3.63) is 45.5 Å². The van der Waals surface area contributed by atoms with Gasteiger partial charge >= 0.3 is 12.1 Å². The minimum atomic E-state index is -4.88. The molecule has 2 aromatic heterocycles. The number of nitrogens with zero attached hydrogens (tertiary/aromatic N) is 4. The molecule has 224 valence electrons. The summed E-state index contributed by atoms with van der Waals surface area (Å²) in [6, 6.07) is -0.643. The van der Waals surface area contributed by atoms with E-state index >= 15 is 0 Å². The molecule has 4 rings (SSSR count). The van der Waals surface area contributed by atoms with E-state index in [0.717, 1.165) is 28.6 Å². The van der Waals surface area contributed by atoms with Crippen molar-refractivity contribution in [1.82, 2.24) is 19.7 Å². The molecule has 2 fully saturated rings. The second kappa shape index (κ2) is 12.3. The Morgan fingerprint density at radius 2 is 1.68 bits per heavy atom. The van der Waals surface area contributed by atoms with Gasteiger partial charge in [0.05, 0.1) is 52.5 Å². The number of Topliss-reactive ketones (excluding diaryl/α,β-unsaturated/α-hetero) is 1. The van der Waals surface area contributed by atoms with Gasteiger partial charge in [0.2, 0.25) is 0 Å². The van der Waals surface area contributed by atoms with Crippen LogP contribution in [0, 0.1) is 17.3 Å². The molecule has 41 heavy (non-hydrogen) atoms. The molecule has 0 bridgehead atoms. The van der Waals surface area contributed by atoms with Crippen molar-refractivity contribution in [2.24, 2.45) is 17.3 Å². The Balaban J connectivity index is 1.62. The zero-order valence-electron chi connectivity index (χ0n) is 23.1. The van der Waals surface area contributed by atoms with E-state index in [4.69, 9.17) is 27.9 Å². The highest BCUT2D eigenvalue weighted by atomic mass is 35.5. The zero-order chi connectivity index (χ0) is 30.1. The summed E-state index contributed by atoms with van der Waals surface area (Å²) in [5.41, 5.74) is -1.78. The maximum Gasteiger partial charge on any atom is 0.433 e. The van der Waals surface area contributed by atoms with E-state index in [2.05, 4.69) is 23.9 Å². The van der Waals surface area contributed by atoms with Crippen molar-refractivity contribution in [2.75, 3.05) is 19.7 Å². The van der Waals surface area contributed by atoms with Gasteiger partial charge in [-0.3, -0.25) is 24.0 Å². The molecule has 2 aliphatic carbocycles. The van der Waals surface area contributed by atoms with Crippen LogP contribution in [-0.4, -0.2) is 57.0 Å². The SMILES string of the molecule is CCOC(=O)C1CCC(n2ncc(C(=O)N(CC(=O)c3c(Cl)cncc3Cl)CC3CC(C)(C)C3)c2C(F)(F)F)CC1. The van der Waals surface area contributed by atoms with E-state index in [0.29, 0.717) is 12.8 Å². The van der Waals surface area contributed by atoms with Gasteiger partial charge < -0.3 is 9.64 Å². The Labute approximate surface area is 246 Å². The largest absolute Gasteiger partial charge is 0.466 e. The number of pyridine rings is 1. The van der Waals surface area contributed by atoms with Crippen LogP contribution in [0.3, 0.4) is 0 Å². The van der Waals surface area contributed by atoms with Crippen LogP contribution >= 0.6 is 23.2 Å². The number of carbonyl (C=O) groups excluding carboxylic acids is 3. The van der Waals surface area contributed by atoms with E-state index in [-0.39, 0.29) is 64.8 Å². The summed E-state index contributed by atoms with van der Waals surface area (Å²) in [6.45, 7) is 5.66. The van der Waals surface area contributed by atoms with E-state index < -0.39 is 41.7 Å². The summed E-state index contributed by atoms with van der Waals surface area (Å²) in [5.74, 6) is -2.26. The molecular formula is C28H33Cl2F3N4O4. The van der Waals surface area contributed by atoms with Crippen molar-refractivity contribution in [3.8, 4) is 0 Å². The molecule has 0 atom stereocenters. The molecule has 1 amide bonds. The first-order valence-corrected chi connectivity index (χ1v) is 14.4. The first-order valence-electron chi connectivity index (χ1n) is 13.6. The molecule has 13 heteroatoms. The predicted octanol–water partition coefficient (Wildman–Crippen LogP) is 6.66. The predicted molar refractivity (Wildman–Crippen MR) is 146 cm³/mol. The number of carbonyl (C=O) groups is 3. The topological polar surface area (TPSA) is 94.4 Å². The third kappa shape index (κ3) is 7.05. The van der Waals surface area contributed by atoms with E-state index in [1.54, 1.807) is 6.92 Å². The van der Waals surface area contributed by atoms with E-state index in [1.807, 2.05) is 0 Å². The number of rotatable bonds is 9. The van der Waals surface area contributed by atoms with Gasteiger partial charge in [-0.15, -0.1) is 0 Å². The fourth-order valence-electron chi connectivity index (χ4n) is 6.16. The molecule has 0 aromatic carbocycles. The molecule has 0 radical (unpaired) electrons. The van der Waals surface area contributed by atoms with Crippen LogP contribution in [0.15, 0.2) is 18.6 Å². The van der Waals surface area contributed by atoms with Gasteiger partial charge in [0, 0.05) is 18.9 Å². The van der Waals surface area contributed by atoms with Crippen LogP contribution in [0.25, 0.3) is 0 Å². The average Bonchev–Trinajstić information content (AvgIpc) is 3.33. The minimum absolute atomic E-state index is 0.0121. The lowest BCUT2D eigenvalue weighted by Gasteiger charge is -2.44. The first-order chi connectivity index (χ1) is 19.2. The first kappa shape index (κ1) is 31.3. The maximum atomic E-state index is 14.5. The number of halogens is 5. The number of aromatic nitrogens is 3. The second-order valence-electron chi connectivity index (χ2n) is 11.6. The Morgan fingerprint density at radius 1 is 1.07 bits per heavy atom. The second-order valence-corrected chi connectivity index (χ2v) is 12.4. The number of hydrogen-bond donors (Lipinski definition) is 0. The third-order valence-corrected chi connectivity index (χ3v) is 8.45. The average molecular weight is 617 g/mol. The van der Waals surface area contributed by atoms with Crippen LogP contribution in [0.5, 0.6) is 0 Å². The lowest BCUT2D eigenvalue weighted by molar-refractivity contribution is -0.151. The Hall–Kier alpha value is -2.66. The summed E-state index contributed by atoms with van der Waals surface area (Å²) in [7, 11) is 0. The standard InChI is InChI=1S/C28H33Cl2F3N4O4/c1-4-41-26(40)17-5-7-18(8-6-17)37-24(28(31,32)33)19(11-35-37)25(39)36(14-16-9-27(2,3)10-16)15-22(38)23-20(29)12-34-13-21(23)30/h11-13,16-18H,4-10,14-15H2,1-3H3. The van der Waals surface area contributed by atoms with Crippen molar-refractivity contribution < 1.29 is 32.3 Å². The number of alkyl halides is 3. The van der Waals surface area contributed by atoms with Gasteiger partial charge in [-0.05, 0) is 56.8 Å². The number of ketones is 1. The monoisotopic (exact) mass is 616 g/mol. The van der Waals surface area contributed by atoms with Crippen LogP contribution in [0.1, 0.15) is 91.7 Å². The van der Waals surface area contributed by atoms with Crippen molar-refractivity contribution in [2.45, 2.75) is 71.5 Å². The highest BCUT2D eigenvalue weighted by Crippen LogP contribution is 2.45. The van der Waals surface area contributed by atoms with Crippen LogP contribution in [0.2, 0.25) is 10.0 Å². The highest BCUT2D eigenvalue weighted by molar-refractivity contribution is 6.39. The molecule has 0 aliphatic heterocycles. The zero-order valence-corrected chi connectivity index (χ0v) is 24.7.